The lowest BCUT2D eigenvalue weighted by molar-refractivity contribution is -0.131. The zero-order chi connectivity index (χ0) is 18.1. The maximum absolute atomic E-state index is 12.9. The average molecular weight is 361 g/mol. The van der Waals surface area contributed by atoms with Crippen LogP contribution in [0.5, 0.6) is 0 Å². The molecule has 1 aromatic rings. The number of likely N-dealkylation sites (tertiary alicyclic amines) is 1. The molecule has 0 aromatic carbocycles. The third kappa shape index (κ3) is 3.15. The zero-order valence-corrected chi connectivity index (χ0v) is 16.2. The van der Waals surface area contributed by atoms with E-state index in [1.54, 1.807) is 0 Å². The van der Waals surface area contributed by atoms with Crippen LogP contribution in [-0.2, 0) is 10.3 Å². The molecular formula is C19H32N6O. The van der Waals surface area contributed by atoms with Crippen molar-refractivity contribution in [1.82, 2.24) is 30.0 Å². The summed E-state index contributed by atoms with van der Waals surface area (Å²) in [7, 11) is 4.19. The third-order valence-corrected chi connectivity index (χ3v) is 6.97. The number of amides is 1. The summed E-state index contributed by atoms with van der Waals surface area (Å²) < 4.78 is 2.07. The van der Waals surface area contributed by atoms with Crippen LogP contribution in [0.2, 0.25) is 0 Å². The second-order valence-electron chi connectivity index (χ2n) is 8.73. The van der Waals surface area contributed by atoms with E-state index >= 15 is 0 Å². The molecule has 1 saturated heterocycles. The first-order valence-corrected chi connectivity index (χ1v) is 10.3. The van der Waals surface area contributed by atoms with Crippen LogP contribution in [0.1, 0.15) is 76.1 Å². The highest BCUT2D eigenvalue weighted by atomic mass is 16.2. The van der Waals surface area contributed by atoms with Crippen LogP contribution >= 0.6 is 0 Å². The summed E-state index contributed by atoms with van der Waals surface area (Å²) in [6.45, 7) is 1.51. The van der Waals surface area contributed by atoms with Crippen molar-refractivity contribution in [1.29, 1.82) is 0 Å². The lowest BCUT2D eigenvalue weighted by Gasteiger charge is -2.35. The molecule has 26 heavy (non-hydrogen) atoms. The molecule has 7 heteroatoms. The fourth-order valence-electron chi connectivity index (χ4n) is 5.24. The van der Waals surface area contributed by atoms with Gasteiger partial charge in [0.1, 0.15) is 5.54 Å². The van der Waals surface area contributed by atoms with Crippen LogP contribution in [0.4, 0.5) is 0 Å². The molecule has 1 atom stereocenters. The van der Waals surface area contributed by atoms with Gasteiger partial charge in [0.2, 0.25) is 5.91 Å². The first kappa shape index (κ1) is 17.9. The summed E-state index contributed by atoms with van der Waals surface area (Å²) in [5.74, 6) is 1.87. The second-order valence-corrected chi connectivity index (χ2v) is 8.73. The normalized spacial score (nSPS) is 27.9. The van der Waals surface area contributed by atoms with Gasteiger partial charge in [-0.2, -0.15) is 0 Å². The van der Waals surface area contributed by atoms with Gasteiger partial charge in [0.05, 0.1) is 6.04 Å². The highest BCUT2D eigenvalue weighted by molar-refractivity contribution is 5.77. The molecule has 3 fully saturated rings. The molecule has 2 heterocycles. The first-order chi connectivity index (χ1) is 12.6. The molecule has 0 spiro atoms. The lowest BCUT2D eigenvalue weighted by atomic mass is 9.95. The van der Waals surface area contributed by atoms with Crippen LogP contribution in [0.15, 0.2) is 0 Å². The molecule has 1 aromatic heterocycles. The van der Waals surface area contributed by atoms with E-state index in [9.17, 15) is 4.79 Å². The van der Waals surface area contributed by atoms with E-state index in [0.717, 1.165) is 38.1 Å². The summed E-state index contributed by atoms with van der Waals surface area (Å²) in [6.07, 6.45) is 11.5. The number of likely N-dealkylation sites (N-methyl/N-ethyl adjacent to an activating group) is 1. The predicted octanol–water partition coefficient (Wildman–Crippen LogP) is 2.36. The largest absolute Gasteiger partial charge is 0.340 e. The third-order valence-electron chi connectivity index (χ3n) is 6.97. The van der Waals surface area contributed by atoms with Crippen molar-refractivity contribution < 1.29 is 4.79 Å². The van der Waals surface area contributed by atoms with E-state index in [-0.39, 0.29) is 5.54 Å². The number of tetrazole rings is 1. The number of nitrogens with zero attached hydrogens (tertiary/aromatic N) is 6. The van der Waals surface area contributed by atoms with Gasteiger partial charge < -0.3 is 4.90 Å². The van der Waals surface area contributed by atoms with Crippen molar-refractivity contribution >= 4 is 5.91 Å². The van der Waals surface area contributed by atoms with E-state index in [2.05, 4.69) is 44.1 Å². The van der Waals surface area contributed by atoms with Crippen molar-refractivity contribution in [2.45, 2.75) is 75.8 Å². The van der Waals surface area contributed by atoms with Gasteiger partial charge in [-0.05, 0) is 62.5 Å². The van der Waals surface area contributed by atoms with Crippen molar-refractivity contribution in [3.8, 4) is 0 Å². The Morgan fingerprint density at radius 2 is 1.85 bits per heavy atom. The number of aromatic nitrogens is 4. The maximum Gasteiger partial charge on any atom is 0.222 e. The molecule has 0 radical (unpaired) electrons. The lowest BCUT2D eigenvalue weighted by Crippen LogP contribution is -2.47. The van der Waals surface area contributed by atoms with Gasteiger partial charge in [-0.25, -0.2) is 4.68 Å². The van der Waals surface area contributed by atoms with Crippen LogP contribution in [0, 0.1) is 5.92 Å². The van der Waals surface area contributed by atoms with Crippen molar-refractivity contribution in [3.63, 3.8) is 0 Å². The molecule has 3 aliphatic rings. The number of carbonyl (C=O) groups is 1. The number of rotatable bonds is 5. The Labute approximate surface area is 156 Å². The molecule has 0 bridgehead atoms. The Morgan fingerprint density at radius 3 is 2.54 bits per heavy atom. The molecule has 1 aliphatic heterocycles. The minimum atomic E-state index is -0.266. The standard InChI is InChI=1S/C19H32N6O/c1-23(2)19(18-20-21-22-25(18)16-9-5-6-10-16)11-12-24(14-19)17(26)13-15-7-3-4-8-15/h15-16H,3-14H2,1-2H3. The maximum atomic E-state index is 12.9. The van der Waals surface area contributed by atoms with E-state index in [0.29, 0.717) is 24.4 Å². The number of carbonyl (C=O) groups excluding carboxylic acids is 1. The monoisotopic (exact) mass is 360 g/mol. The smallest absolute Gasteiger partial charge is 0.222 e. The van der Waals surface area contributed by atoms with Gasteiger partial charge in [-0.3, -0.25) is 9.69 Å². The van der Waals surface area contributed by atoms with Crippen LogP contribution < -0.4 is 0 Å². The molecular weight excluding hydrogens is 328 g/mol. The van der Waals surface area contributed by atoms with Gasteiger partial charge in [0, 0.05) is 19.5 Å². The van der Waals surface area contributed by atoms with Crippen LogP contribution in [0.25, 0.3) is 0 Å². The highest BCUT2D eigenvalue weighted by Gasteiger charge is 2.48. The Kier molecular flexibility index (Phi) is 4.99. The van der Waals surface area contributed by atoms with Crippen LogP contribution in [0.3, 0.4) is 0 Å². The van der Waals surface area contributed by atoms with E-state index in [4.69, 9.17) is 0 Å². The average Bonchev–Trinajstić information content (AvgIpc) is 3.39. The topological polar surface area (TPSA) is 67.2 Å². The quantitative estimate of drug-likeness (QED) is 0.806. The molecule has 1 unspecified atom stereocenters. The Morgan fingerprint density at radius 1 is 1.15 bits per heavy atom. The first-order valence-electron chi connectivity index (χ1n) is 10.3. The molecule has 144 valence electrons. The minimum Gasteiger partial charge on any atom is -0.340 e. The number of hydrogen-bond acceptors (Lipinski definition) is 5. The number of hydrogen-bond donors (Lipinski definition) is 0. The van der Waals surface area contributed by atoms with Gasteiger partial charge >= 0.3 is 0 Å². The van der Waals surface area contributed by atoms with Gasteiger partial charge in [0.25, 0.3) is 0 Å². The van der Waals surface area contributed by atoms with Crippen molar-refractivity contribution in [2.75, 3.05) is 27.2 Å². The van der Waals surface area contributed by atoms with Crippen LogP contribution in [-0.4, -0.2) is 63.1 Å². The van der Waals surface area contributed by atoms with E-state index in [1.807, 2.05) is 0 Å². The summed E-state index contributed by atoms with van der Waals surface area (Å²) in [6, 6.07) is 0.417. The van der Waals surface area contributed by atoms with Gasteiger partial charge in [-0.15, -0.1) is 5.10 Å². The Balaban J connectivity index is 1.53. The van der Waals surface area contributed by atoms with Crippen molar-refractivity contribution in [3.05, 3.63) is 5.82 Å². The molecule has 2 saturated carbocycles. The fraction of sp³-hybridized carbons (Fsp3) is 0.895. The zero-order valence-electron chi connectivity index (χ0n) is 16.2. The molecule has 7 nitrogen and oxygen atoms in total. The predicted molar refractivity (Wildman–Crippen MR) is 98.5 cm³/mol. The molecule has 1 amide bonds. The van der Waals surface area contributed by atoms with E-state index < -0.39 is 0 Å². The minimum absolute atomic E-state index is 0.266. The van der Waals surface area contributed by atoms with Gasteiger partial charge in [0.15, 0.2) is 5.82 Å². The summed E-state index contributed by atoms with van der Waals surface area (Å²) in [5.41, 5.74) is -0.266. The molecule has 2 aliphatic carbocycles. The second kappa shape index (κ2) is 7.25. The Hall–Kier alpha value is -1.50. The highest BCUT2D eigenvalue weighted by Crippen LogP contribution is 2.39. The summed E-state index contributed by atoms with van der Waals surface area (Å²) in [4.78, 5) is 17.2. The van der Waals surface area contributed by atoms with Gasteiger partial charge in [-0.1, -0.05) is 25.7 Å². The molecule has 0 N–H and O–H groups in total. The Bertz CT molecular complexity index is 632. The van der Waals surface area contributed by atoms with Crippen molar-refractivity contribution in [2.24, 2.45) is 5.92 Å². The fourth-order valence-corrected chi connectivity index (χ4v) is 5.24. The van der Waals surface area contributed by atoms with E-state index in [1.165, 1.54) is 38.5 Å². The summed E-state index contributed by atoms with van der Waals surface area (Å²) in [5, 5.41) is 12.8. The summed E-state index contributed by atoms with van der Waals surface area (Å²) >= 11 is 0. The SMILES string of the molecule is CN(C)C1(c2nnnn2C2CCCC2)CCN(C(=O)CC2CCCC2)C1. The molecule has 4 rings (SSSR count).